The summed E-state index contributed by atoms with van der Waals surface area (Å²) in [5.74, 6) is -0.0200. The number of aromatic nitrogens is 5. The van der Waals surface area contributed by atoms with Gasteiger partial charge >= 0.3 is 0 Å². The minimum atomic E-state index is -0.443. The number of nitrogens with zero attached hydrogens (tertiary/aromatic N) is 5. The molecular formula is C9H9N7O. The van der Waals surface area contributed by atoms with Gasteiger partial charge in [-0.3, -0.25) is 20.6 Å². The van der Waals surface area contributed by atoms with Crippen LogP contribution >= 0.6 is 0 Å². The molecule has 0 atom stereocenters. The summed E-state index contributed by atoms with van der Waals surface area (Å²) < 4.78 is 1.26. The average Bonchev–Trinajstić information content (AvgIpc) is 2.90. The molecule has 0 unspecified atom stereocenters. The average molecular weight is 231 g/mol. The van der Waals surface area contributed by atoms with E-state index >= 15 is 0 Å². The van der Waals surface area contributed by atoms with E-state index < -0.39 is 5.91 Å². The number of rotatable bonds is 4. The van der Waals surface area contributed by atoms with E-state index in [4.69, 9.17) is 0 Å². The van der Waals surface area contributed by atoms with Crippen molar-refractivity contribution in [2.75, 3.05) is 5.43 Å². The predicted octanol–water partition coefficient (Wildman–Crippen LogP) is -0.318. The molecule has 8 nitrogen and oxygen atoms in total. The summed E-state index contributed by atoms with van der Waals surface area (Å²) in [5, 5.41) is 7.22. The largest absolute Gasteiger partial charge is 0.287 e. The Morgan fingerprint density at radius 2 is 2.24 bits per heavy atom. The van der Waals surface area contributed by atoms with Crippen LogP contribution in [0.25, 0.3) is 5.70 Å². The number of hydrogen-bond donors (Lipinski definition) is 2. The van der Waals surface area contributed by atoms with Gasteiger partial charge in [0.25, 0.3) is 5.91 Å². The second-order valence-corrected chi connectivity index (χ2v) is 2.96. The molecule has 0 aliphatic heterocycles. The number of nitrogens with one attached hydrogen (secondary N) is 2. The minimum Gasteiger partial charge on any atom is -0.280 e. The highest BCUT2D eigenvalue weighted by Gasteiger charge is 2.09. The third-order valence-electron chi connectivity index (χ3n) is 1.83. The van der Waals surface area contributed by atoms with Gasteiger partial charge in [-0.2, -0.15) is 0 Å². The van der Waals surface area contributed by atoms with E-state index in [2.05, 4.69) is 37.7 Å². The highest BCUT2D eigenvalue weighted by molar-refractivity contribution is 6.12. The van der Waals surface area contributed by atoms with Gasteiger partial charge in [-0.25, -0.2) is 9.67 Å². The van der Waals surface area contributed by atoms with Crippen LogP contribution in [0.15, 0.2) is 37.6 Å². The van der Waals surface area contributed by atoms with E-state index in [-0.39, 0.29) is 5.70 Å². The van der Waals surface area contributed by atoms with Crippen LogP contribution in [0.1, 0.15) is 0 Å². The van der Waals surface area contributed by atoms with Crippen molar-refractivity contribution in [1.82, 2.24) is 30.4 Å². The smallest absolute Gasteiger partial charge is 0.280 e. The van der Waals surface area contributed by atoms with Crippen molar-refractivity contribution >= 4 is 17.4 Å². The van der Waals surface area contributed by atoms with Crippen LogP contribution in [0.3, 0.4) is 0 Å². The lowest BCUT2D eigenvalue weighted by atomic mass is 10.5. The molecule has 0 aliphatic rings. The molecule has 86 valence electrons. The van der Waals surface area contributed by atoms with E-state index in [0.29, 0.717) is 5.82 Å². The number of carbonyl (C=O) groups is 1. The fraction of sp³-hybridized carbons (Fsp3) is 0. The number of amides is 1. The number of hydrogen-bond acceptors (Lipinski definition) is 6. The van der Waals surface area contributed by atoms with E-state index in [1.54, 1.807) is 0 Å². The van der Waals surface area contributed by atoms with Gasteiger partial charge in [0, 0.05) is 12.4 Å². The summed E-state index contributed by atoms with van der Waals surface area (Å²) in [6.45, 7) is 3.58. The molecule has 2 aromatic rings. The second kappa shape index (κ2) is 4.84. The molecule has 0 bridgehead atoms. The molecule has 1 amide bonds. The van der Waals surface area contributed by atoms with Gasteiger partial charge < -0.3 is 0 Å². The van der Waals surface area contributed by atoms with Gasteiger partial charge in [-0.15, -0.1) is 5.10 Å². The topological polar surface area (TPSA) is 97.6 Å². The Bertz CT molecular complexity index is 507. The molecule has 0 saturated carbocycles. The van der Waals surface area contributed by atoms with E-state index in [0.717, 1.165) is 0 Å². The van der Waals surface area contributed by atoms with Crippen LogP contribution in [0.5, 0.6) is 0 Å². The van der Waals surface area contributed by atoms with Crippen LogP contribution in [-0.4, -0.2) is 30.9 Å². The third-order valence-corrected chi connectivity index (χ3v) is 1.83. The first-order valence-electron chi connectivity index (χ1n) is 4.65. The zero-order valence-electron chi connectivity index (χ0n) is 8.74. The Morgan fingerprint density at radius 3 is 2.88 bits per heavy atom. The molecular weight excluding hydrogens is 222 g/mol. The molecule has 0 saturated heterocycles. The molecule has 0 spiro atoms. The zero-order valence-corrected chi connectivity index (χ0v) is 8.74. The van der Waals surface area contributed by atoms with Crippen LogP contribution < -0.4 is 10.9 Å². The lowest BCUT2D eigenvalue weighted by Crippen LogP contribution is -2.31. The molecule has 0 fully saturated rings. The standard InChI is InChI=1S/C9H9N7O/c1-7(16-5-4-12-15-16)9(17)14-13-8-6-10-2-3-11-8/h2-6H,1H2,(H,11,13)(H,14,17). The second-order valence-electron chi connectivity index (χ2n) is 2.96. The Labute approximate surface area is 96.4 Å². The van der Waals surface area contributed by atoms with Crippen LogP contribution in [0, 0.1) is 0 Å². The minimum absolute atomic E-state index is 0.138. The highest BCUT2D eigenvalue weighted by atomic mass is 16.2. The fourth-order valence-electron chi connectivity index (χ4n) is 1.01. The van der Waals surface area contributed by atoms with Crippen LogP contribution in [0.4, 0.5) is 5.82 Å². The lowest BCUT2D eigenvalue weighted by molar-refractivity contribution is -0.115. The molecule has 0 aliphatic carbocycles. The molecule has 2 N–H and O–H groups in total. The summed E-state index contributed by atoms with van der Waals surface area (Å²) in [4.78, 5) is 19.4. The van der Waals surface area contributed by atoms with Crippen LogP contribution in [0.2, 0.25) is 0 Å². The first kappa shape index (κ1) is 10.7. The number of anilines is 1. The maximum absolute atomic E-state index is 11.6. The number of hydrazine groups is 1. The molecule has 17 heavy (non-hydrogen) atoms. The summed E-state index contributed by atoms with van der Waals surface area (Å²) >= 11 is 0. The molecule has 8 heteroatoms. The summed E-state index contributed by atoms with van der Waals surface area (Å²) in [5.41, 5.74) is 5.14. The predicted molar refractivity (Wildman–Crippen MR) is 59.1 cm³/mol. The van der Waals surface area contributed by atoms with Gasteiger partial charge in [0.1, 0.15) is 5.70 Å². The Morgan fingerprint density at radius 1 is 1.35 bits per heavy atom. The monoisotopic (exact) mass is 231 g/mol. The van der Waals surface area contributed by atoms with Crippen molar-refractivity contribution in [3.05, 3.63) is 37.6 Å². The van der Waals surface area contributed by atoms with E-state index in [1.165, 1.54) is 35.7 Å². The van der Waals surface area contributed by atoms with Crippen molar-refractivity contribution < 1.29 is 4.79 Å². The van der Waals surface area contributed by atoms with Crippen molar-refractivity contribution in [2.45, 2.75) is 0 Å². The first-order valence-corrected chi connectivity index (χ1v) is 4.65. The number of carbonyl (C=O) groups excluding carboxylic acids is 1. The van der Waals surface area contributed by atoms with Gasteiger partial charge in [0.15, 0.2) is 5.82 Å². The van der Waals surface area contributed by atoms with E-state index in [1.807, 2.05) is 0 Å². The van der Waals surface area contributed by atoms with Crippen molar-refractivity contribution in [2.24, 2.45) is 0 Å². The third kappa shape index (κ3) is 2.62. The maximum Gasteiger partial charge on any atom is 0.287 e. The lowest BCUT2D eigenvalue weighted by Gasteiger charge is -2.08. The first-order chi connectivity index (χ1) is 8.27. The molecule has 0 aromatic carbocycles. The molecule has 2 rings (SSSR count). The summed E-state index contributed by atoms with van der Waals surface area (Å²) in [6, 6.07) is 0. The molecule has 2 heterocycles. The highest BCUT2D eigenvalue weighted by Crippen LogP contribution is 1.99. The van der Waals surface area contributed by atoms with Gasteiger partial charge in [0.2, 0.25) is 0 Å². The normalized spacial score (nSPS) is 9.65. The van der Waals surface area contributed by atoms with Gasteiger partial charge in [-0.05, 0) is 0 Å². The SMILES string of the molecule is C=C(C(=O)NNc1cnccn1)n1ccnn1. The van der Waals surface area contributed by atoms with Crippen molar-refractivity contribution in [1.29, 1.82) is 0 Å². The maximum atomic E-state index is 11.6. The zero-order chi connectivity index (χ0) is 12.1. The quantitative estimate of drug-likeness (QED) is 0.553. The Hall–Kier alpha value is -2.77. The Kier molecular flexibility index (Phi) is 3.05. The van der Waals surface area contributed by atoms with Crippen LogP contribution in [-0.2, 0) is 4.79 Å². The molecule has 2 aromatic heterocycles. The summed E-state index contributed by atoms with van der Waals surface area (Å²) in [6.07, 6.45) is 7.47. The Balaban J connectivity index is 1.92. The molecule has 0 radical (unpaired) electrons. The fourth-order valence-corrected chi connectivity index (χ4v) is 1.01. The van der Waals surface area contributed by atoms with Gasteiger partial charge in [0.05, 0.1) is 18.6 Å². The van der Waals surface area contributed by atoms with Gasteiger partial charge in [-0.1, -0.05) is 11.8 Å². The van der Waals surface area contributed by atoms with E-state index in [9.17, 15) is 4.79 Å². The van der Waals surface area contributed by atoms with Crippen molar-refractivity contribution in [3.63, 3.8) is 0 Å². The summed E-state index contributed by atoms with van der Waals surface area (Å²) in [7, 11) is 0. The van der Waals surface area contributed by atoms with Crippen molar-refractivity contribution in [3.8, 4) is 0 Å².